The zero-order valence-corrected chi connectivity index (χ0v) is 10.9. The summed E-state index contributed by atoms with van der Waals surface area (Å²) >= 11 is 0. The van der Waals surface area contributed by atoms with E-state index in [1.54, 1.807) is 25.1 Å². The first-order valence-corrected chi connectivity index (χ1v) is 6.68. The van der Waals surface area contributed by atoms with E-state index in [9.17, 15) is 9.90 Å². The van der Waals surface area contributed by atoms with Crippen LogP contribution < -0.4 is 5.32 Å². The Bertz CT molecular complexity index is 624. The highest BCUT2D eigenvalue weighted by Crippen LogP contribution is 2.29. The molecule has 4 heteroatoms. The van der Waals surface area contributed by atoms with Gasteiger partial charge in [0.25, 0.3) is 5.91 Å². The van der Waals surface area contributed by atoms with Crippen LogP contribution in [0, 0.1) is 6.92 Å². The van der Waals surface area contributed by atoms with E-state index in [0.717, 1.165) is 12.8 Å². The fraction of sp³-hybridized carbons (Fsp3) is 0.400. The summed E-state index contributed by atoms with van der Waals surface area (Å²) in [5.41, 5.74) is 1.17. The topological polar surface area (TPSA) is 62.5 Å². The summed E-state index contributed by atoms with van der Waals surface area (Å²) in [5, 5.41) is 13.3. The third-order valence-electron chi connectivity index (χ3n) is 3.77. The van der Waals surface area contributed by atoms with Crippen molar-refractivity contribution >= 4 is 16.9 Å². The van der Waals surface area contributed by atoms with Gasteiger partial charge in [-0.1, -0.05) is 12.8 Å². The van der Waals surface area contributed by atoms with Gasteiger partial charge < -0.3 is 14.8 Å². The average molecular weight is 259 g/mol. The van der Waals surface area contributed by atoms with Gasteiger partial charge in [-0.15, -0.1) is 0 Å². The summed E-state index contributed by atoms with van der Waals surface area (Å²) in [6, 6.07) is 5.10. The highest BCUT2D eigenvalue weighted by molar-refractivity contribution is 6.07. The predicted molar refractivity (Wildman–Crippen MR) is 72.3 cm³/mol. The Hall–Kier alpha value is -1.97. The molecule has 1 aromatic carbocycles. The van der Waals surface area contributed by atoms with Crippen LogP contribution in [-0.4, -0.2) is 17.1 Å². The Morgan fingerprint density at radius 2 is 2.11 bits per heavy atom. The Labute approximate surface area is 111 Å². The maximum absolute atomic E-state index is 12.4. The van der Waals surface area contributed by atoms with E-state index >= 15 is 0 Å². The molecule has 0 bridgehead atoms. The first-order chi connectivity index (χ1) is 9.15. The molecule has 1 aromatic heterocycles. The molecule has 0 radical (unpaired) electrons. The lowest BCUT2D eigenvalue weighted by atomic mass is 10.1. The second-order valence-electron chi connectivity index (χ2n) is 5.17. The molecule has 2 aromatic rings. The lowest BCUT2D eigenvalue weighted by Gasteiger charge is -2.11. The van der Waals surface area contributed by atoms with Gasteiger partial charge in [-0.2, -0.15) is 0 Å². The average Bonchev–Trinajstić information content (AvgIpc) is 2.95. The van der Waals surface area contributed by atoms with E-state index in [4.69, 9.17) is 4.42 Å². The van der Waals surface area contributed by atoms with Crippen molar-refractivity contribution in [3.8, 4) is 5.75 Å². The van der Waals surface area contributed by atoms with Gasteiger partial charge in [-0.3, -0.25) is 4.79 Å². The number of nitrogens with one attached hydrogen (secondary N) is 1. The third-order valence-corrected chi connectivity index (χ3v) is 3.77. The second-order valence-corrected chi connectivity index (χ2v) is 5.17. The number of benzene rings is 1. The SMILES string of the molecule is Cc1oc2ccc(O)cc2c1C(=O)NC1CCCC1. The van der Waals surface area contributed by atoms with Crippen molar-refractivity contribution in [1.29, 1.82) is 0 Å². The molecule has 0 atom stereocenters. The van der Waals surface area contributed by atoms with Gasteiger partial charge in [-0.25, -0.2) is 0 Å². The molecule has 0 spiro atoms. The predicted octanol–water partition coefficient (Wildman–Crippen LogP) is 3.12. The van der Waals surface area contributed by atoms with Crippen LogP contribution in [0.2, 0.25) is 0 Å². The van der Waals surface area contributed by atoms with Crippen molar-refractivity contribution < 1.29 is 14.3 Å². The van der Waals surface area contributed by atoms with Crippen LogP contribution in [0.5, 0.6) is 5.75 Å². The van der Waals surface area contributed by atoms with Crippen LogP contribution in [0.25, 0.3) is 11.0 Å². The van der Waals surface area contributed by atoms with Gasteiger partial charge >= 0.3 is 0 Å². The lowest BCUT2D eigenvalue weighted by molar-refractivity contribution is 0.0938. The van der Waals surface area contributed by atoms with Gasteiger partial charge in [0.2, 0.25) is 0 Å². The van der Waals surface area contributed by atoms with Crippen LogP contribution in [0.3, 0.4) is 0 Å². The molecule has 2 N–H and O–H groups in total. The summed E-state index contributed by atoms with van der Waals surface area (Å²) in [5.74, 6) is 0.632. The number of phenols is 1. The minimum atomic E-state index is -0.103. The van der Waals surface area contributed by atoms with Gasteiger partial charge in [0.15, 0.2) is 0 Å². The zero-order chi connectivity index (χ0) is 13.4. The zero-order valence-electron chi connectivity index (χ0n) is 10.9. The quantitative estimate of drug-likeness (QED) is 0.871. The number of fused-ring (bicyclic) bond motifs is 1. The minimum Gasteiger partial charge on any atom is -0.508 e. The number of phenolic OH excluding ortho intramolecular Hbond substituents is 1. The fourth-order valence-corrected chi connectivity index (χ4v) is 2.82. The Balaban J connectivity index is 1.96. The molecule has 19 heavy (non-hydrogen) atoms. The molecule has 0 saturated heterocycles. The molecule has 1 aliphatic rings. The number of aromatic hydroxyl groups is 1. The van der Waals surface area contributed by atoms with Crippen LogP contribution in [0.4, 0.5) is 0 Å². The van der Waals surface area contributed by atoms with E-state index in [1.807, 2.05) is 0 Å². The molecule has 1 aliphatic carbocycles. The smallest absolute Gasteiger partial charge is 0.255 e. The molecule has 4 nitrogen and oxygen atoms in total. The third kappa shape index (κ3) is 2.18. The highest BCUT2D eigenvalue weighted by Gasteiger charge is 2.22. The van der Waals surface area contributed by atoms with Crippen LogP contribution in [0.1, 0.15) is 41.8 Å². The van der Waals surface area contributed by atoms with E-state index in [0.29, 0.717) is 22.3 Å². The van der Waals surface area contributed by atoms with Crippen molar-refractivity contribution in [3.63, 3.8) is 0 Å². The maximum atomic E-state index is 12.4. The number of hydrogen-bond donors (Lipinski definition) is 2. The Morgan fingerprint density at radius 1 is 1.37 bits per heavy atom. The minimum absolute atomic E-state index is 0.103. The number of rotatable bonds is 2. The molecular formula is C15H17NO3. The van der Waals surface area contributed by atoms with Crippen molar-refractivity contribution in [1.82, 2.24) is 5.32 Å². The normalized spacial score (nSPS) is 16.1. The van der Waals surface area contributed by atoms with Crippen LogP contribution in [-0.2, 0) is 0 Å². The van der Waals surface area contributed by atoms with Crippen molar-refractivity contribution in [3.05, 3.63) is 29.5 Å². The number of amides is 1. The van der Waals surface area contributed by atoms with Crippen LogP contribution >= 0.6 is 0 Å². The maximum Gasteiger partial charge on any atom is 0.255 e. The summed E-state index contributed by atoms with van der Waals surface area (Å²) in [4.78, 5) is 12.4. The molecule has 100 valence electrons. The second kappa shape index (κ2) is 4.61. The van der Waals surface area contributed by atoms with Crippen molar-refractivity contribution in [2.75, 3.05) is 0 Å². The van der Waals surface area contributed by atoms with Gasteiger partial charge in [-0.05, 0) is 38.0 Å². The molecule has 0 aliphatic heterocycles. The Kier molecular flexibility index (Phi) is 2.93. The van der Waals surface area contributed by atoms with E-state index in [1.165, 1.54) is 12.8 Å². The molecular weight excluding hydrogens is 242 g/mol. The van der Waals surface area contributed by atoms with Gasteiger partial charge in [0.1, 0.15) is 17.1 Å². The molecule has 3 rings (SSSR count). The van der Waals surface area contributed by atoms with E-state index in [-0.39, 0.29) is 17.7 Å². The Morgan fingerprint density at radius 3 is 2.84 bits per heavy atom. The first kappa shape index (κ1) is 12.1. The monoisotopic (exact) mass is 259 g/mol. The molecule has 0 unspecified atom stereocenters. The number of carbonyl (C=O) groups is 1. The van der Waals surface area contributed by atoms with E-state index in [2.05, 4.69) is 5.32 Å². The number of hydrogen-bond acceptors (Lipinski definition) is 3. The van der Waals surface area contributed by atoms with E-state index < -0.39 is 0 Å². The highest BCUT2D eigenvalue weighted by atomic mass is 16.3. The molecule has 1 amide bonds. The van der Waals surface area contributed by atoms with Crippen molar-refractivity contribution in [2.45, 2.75) is 38.6 Å². The first-order valence-electron chi connectivity index (χ1n) is 6.68. The molecule has 1 fully saturated rings. The largest absolute Gasteiger partial charge is 0.508 e. The fourth-order valence-electron chi connectivity index (χ4n) is 2.82. The molecule has 1 saturated carbocycles. The number of furan rings is 1. The number of carbonyl (C=O) groups excluding carboxylic acids is 1. The van der Waals surface area contributed by atoms with Crippen molar-refractivity contribution in [2.24, 2.45) is 0 Å². The summed E-state index contributed by atoms with van der Waals surface area (Å²) in [7, 11) is 0. The van der Waals surface area contributed by atoms with Crippen LogP contribution in [0.15, 0.2) is 22.6 Å². The lowest BCUT2D eigenvalue weighted by Crippen LogP contribution is -2.32. The van der Waals surface area contributed by atoms with Gasteiger partial charge in [0.05, 0.1) is 5.56 Å². The summed E-state index contributed by atoms with van der Waals surface area (Å²) < 4.78 is 5.57. The van der Waals surface area contributed by atoms with Gasteiger partial charge in [0, 0.05) is 11.4 Å². The number of aryl methyl sites for hydroxylation is 1. The molecule has 1 heterocycles. The summed E-state index contributed by atoms with van der Waals surface area (Å²) in [6.45, 7) is 1.78. The summed E-state index contributed by atoms with van der Waals surface area (Å²) in [6.07, 6.45) is 4.45. The standard InChI is InChI=1S/C15H17NO3/c1-9-14(15(18)16-10-4-2-3-5-10)12-8-11(17)6-7-13(12)19-9/h6-8,10,17H,2-5H2,1H3,(H,16,18).